The quantitative estimate of drug-likeness (QED) is 0.138. The molecule has 0 radical (unpaired) electrons. The van der Waals surface area contributed by atoms with Gasteiger partial charge in [-0.05, 0) is 107 Å². The molecule has 0 saturated carbocycles. The van der Waals surface area contributed by atoms with Crippen molar-refractivity contribution in [3.05, 3.63) is 226 Å². The topological polar surface area (TPSA) is 139 Å². The van der Waals surface area contributed by atoms with E-state index in [9.17, 15) is 73.7 Å². The largest absolute Gasteiger partial charge is 0.417 e. The third-order valence-corrected chi connectivity index (χ3v) is 14.1. The second-order valence-corrected chi connectivity index (χ2v) is 19.2. The van der Waals surface area contributed by atoms with E-state index in [1.54, 1.807) is 72.8 Å². The normalized spacial score (nSPS) is 12.0. The highest BCUT2D eigenvalue weighted by atomic mass is 19.4. The van der Waals surface area contributed by atoms with Crippen LogP contribution in [-0.4, -0.2) is 19.5 Å². The van der Waals surface area contributed by atoms with Crippen molar-refractivity contribution in [2.24, 2.45) is 0 Å². The molecular weight excluding hydrogens is 1120 g/mol. The van der Waals surface area contributed by atoms with Crippen molar-refractivity contribution in [3.63, 3.8) is 0 Å². The highest BCUT2D eigenvalue weighted by Gasteiger charge is 2.40. The molecule has 0 fully saturated rings. The second-order valence-electron chi connectivity index (χ2n) is 19.2. The van der Waals surface area contributed by atoms with Gasteiger partial charge in [-0.2, -0.15) is 73.7 Å². The van der Waals surface area contributed by atoms with Crippen LogP contribution in [0.25, 0.3) is 106 Å². The Morgan fingerprint density at radius 2 is 0.694 bits per heavy atom. The van der Waals surface area contributed by atoms with Crippen LogP contribution in [0.15, 0.2) is 182 Å². The molecule has 11 aromatic rings. The van der Waals surface area contributed by atoms with Gasteiger partial charge in [0.05, 0.1) is 85.5 Å². The van der Waals surface area contributed by atoms with E-state index in [1.807, 2.05) is 12.1 Å². The van der Waals surface area contributed by atoms with Gasteiger partial charge in [0.15, 0.2) is 17.5 Å². The van der Waals surface area contributed by atoms with Crippen molar-refractivity contribution in [1.29, 1.82) is 21.0 Å². The average Bonchev–Trinajstić information content (AvgIpc) is 1.97. The number of nitriles is 4. The first-order valence-corrected chi connectivity index (χ1v) is 25.1. The Morgan fingerprint density at radius 3 is 1.05 bits per heavy atom. The fourth-order valence-corrected chi connectivity index (χ4v) is 10.2. The minimum atomic E-state index is -5.38. The molecule has 9 aromatic carbocycles. The fraction of sp³-hybridized carbons (Fsp3) is 0.0615. The molecule has 0 aliphatic heterocycles. The zero-order valence-electron chi connectivity index (χ0n) is 42.9. The van der Waals surface area contributed by atoms with Crippen molar-refractivity contribution in [3.8, 4) is 109 Å². The van der Waals surface area contributed by atoms with Crippen LogP contribution in [0.3, 0.4) is 0 Å². The van der Waals surface area contributed by atoms with Crippen LogP contribution in [0.5, 0.6) is 0 Å². The van der Waals surface area contributed by atoms with Gasteiger partial charge in [0.25, 0.3) is 0 Å². The first-order valence-electron chi connectivity index (χ1n) is 25.1. The van der Waals surface area contributed by atoms with Crippen molar-refractivity contribution < 1.29 is 52.7 Å². The second kappa shape index (κ2) is 21.0. The van der Waals surface area contributed by atoms with Gasteiger partial charge in [-0.25, -0.2) is 15.0 Å². The highest BCUT2D eigenvalue weighted by molar-refractivity contribution is 6.13. The number of halogens is 12. The summed E-state index contributed by atoms with van der Waals surface area (Å²) in [6.45, 7) is 0. The van der Waals surface area contributed by atoms with Crippen LogP contribution in [-0.2, 0) is 24.7 Å². The summed E-state index contributed by atoms with van der Waals surface area (Å²) in [7, 11) is 0. The number of alkyl halides is 12. The molecule has 0 atom stereocenters. The van der Waals surface area contributed by atoms with Crippen molar-refractivity contribution in [1.82, 2.24) is 19.5 Å². The molecule has 0 saturated heterocycles. The Labute approximate surface area is 473 Å². The zero-order valence-corrected chi connectivity index (χ0v) is 42.9. The molecule has 0 amide bonds. The van der Waals surface area contributed by atoms with Crippen molar-refractivity contribution in [2.45, 2.75) is 24.7 Å². The molecule has 414 valence electrons. The molecule has 0 aliphatic carbocycles. The van der Waals surface area contributed by atoms with Crippen LogP contribution in [0, 0.1) is 45.3 Å². The lowest BCUT2D eigenvalue weighted by atomic mass is 9.88. The lowest BCUT2D eigenvalue weighted by molar-refractivity contribution is -0.144. The average molecular weight is 1150 g/mol. The van der Waals surface area contributed by atoms with E-state index in [1.165, 1.54) is 77.4 Å². The first-order chi connectivity index (χ1) is 40.5. The Kier molecular flexibility index (Phi) is 13.8. The predicted molar refractivity (Wildman–Crippen MR) is 291 cm³/mol. The molecule has 0 N–H and O–H groups in total. The number of benzene rings is 9. The van der Waals surface area contributed by atoms with Gasteiger partial charge >= 0.3 is 24.7 Å². The zero-order chi connectivity index (χ0) is 60.3. The molecule has 11 rings (SSSR count). The lowest BCUT2D eigenvalue weighted by Gasteiger charge is -2.22. The smallest absolute Gasteiger partial charge is 0.308 e. The van der Waals surface area contributed by atoms with Crippen LogP contribution >= 0.6 is 0 Å². The summed E-state index contributed by atoms with van der Waals surface area (Å²) in [4.78, 5) is 14.7. The lowest BCUT2D eigenvalue weighted by Crippen LogP contribution is -2.12. The van der Waals surface area contributed by atoms with Gasteiger partial charge in [-0.15, -0.1) is 0 Å². The van der Waals surface area contributed by atoms with Gasteiger partial charge in [-0.3, -0.25) is 0 Å². The maximum Gasteiger partial charge on any atom is 0.417 e. The van der Waals surface area contributed by atoms with Gasteiger partial charge in [0, 0.05) is 49.7 Å². The number of nitrogens with zero attached hydrogens (tertiary/aromatic N) is 8. The molecule has 0 unspecified atom stereocenters. The van der Waals surface area contributed by atoms with Gasteiger partial charge < -0.3 is 4.57 Å². The summed E-state index contributed by atoms with van der Waals surface area (Å²) in [6, 6.07) is 46.8. The maximum absolute atomic E-state index is 14.9. The Bertz CT molecular complexity index is 4420. The minimum absolute atomic E-state index is 0.0339. The van der Waals surface area contributed by atoms with E-state index in [0.29, 0.717) is 35.4 Å². The number of rotatable bonds is 8. The summed E-state index contributed by atoms with van der Waals surface area (Å²) in [5.41, 5.74) is -6.85. The maximum atomic E-state index is 14.9. The number of hydrogen-bond acceptors (Lipinski definition) is 7. The fourth-order valence-electron chi connectivity index (χ4n) is 10.2. The Hall–Kier alpha value is -11.1. The van der Waals surface area contributed by atoms with Crippen LogP contribution in [0.4, 0.5) is 52.7 Å². The van der Waals surface area contributed by atoms with Gasteiger partial charge in [-0.1, -0.05) is 97.1 Å². The van der Waals surface area contributed by atoms with E-state index < -0.39 is 58.1 Å². The molecule has 2 heterocycles. The van der Waals surface area contributed by atoms with E-state index >= 15 is 0 Å². The standard InChI is InChI=1S/C65H30F12N8/c66-62(67,68)44-15-19-48(54(29-44)64(72,73)74)39-13-21-56-50(25-39)51-26-40(49-20-16-45(63(69,70)71)30-55(49)65(75,76)77)14-22-57(51)85(56)58-52(46-17-11-35(31-78)23-42(46)33-80)27-41(28-53(58)47-18-12-36(32-79)24-43(47)34-81)61-83-59(37-7-3-1-4-8-37)82-60(84-61)38-9-5-2-6-10-38/h1-30H. The molecule has 8 nitrogen and oxygen atoms in total. The Morgan fingerprint density at radius 1 is 0.318 bits per heavy atom. The van der Waals surface area contributed by atoms with Crippen molar-refractivity contribution >= 4 is 21.8 Å². The summed E-state index contributed by atoms with van der Waals surface area (Å²) in [6.07, 6.45) is -21.2. The summed E-state index contributed by atoms with van der Waals surface area (Å²) in [5.74, 6) is 0.453. The third kappa shape index (κ3) is 10.5. The molecule has 0 bridgehead atoms. The first kappa shape index (κ1) is 55.8. The predicted octanol–water partition coefficient (Wildman–Crippen LogP) is 18.2. The van der Waals surface area contributed by atoms with Crippen LogP contribution < -0.4 is 0 Å². The molecule has 20 heteroatoms. The van der Waals surface area contributed by atoms with E-state index in [4.69, 9.17) is 15.0 Å². The van der Waals surface area contributed by atoms with Gasteiger partial charge in [0.1, 0.15) is 0 Å². The minimum Gasteiger partial charge on any atom is -0.308 e. The Balaban J connectivity index is 1.32. The summed E-state index contributed by atoms with van der Waals surface area (Å²) in [5, 5.41) is 41.8. The van der Waals surface area contributed by atoms with Crippen LogP contribution in [0.2, 0.25) is 0 Å². The molecular formula is C65H30F12N8. The highest BCUT2D eigenvalue weighted by Crippen LogP contribution is 2.49. The number of hydrogen-bond donors (Lipinski definition) is 0. The molecule has 0 spiro atoms. The third-order valence-electron chi connectivity index (χ3n) is 14.1. The van der Waals surface area contributed by atoms with E-state index in [0.717, 1.165) is 0 Å². The van der Waals surface area contributed by atoms with E-state index in [-0.39, 0.29) is 118 Å². The number of aromatic nitrogens is 4. The monoisotopic (exact) mass is 1150 g/mol. The summed E-state index contributed by atoms with van der Waals surface area (Å²) < 4.78 is 175. The van der Waals surface area contributed by atoms with Crippen molar-refractivity contribution in [2.75, 3.05) is 0 Å². The summed E-state index contributed by atoms with van der Waals surface area (Å²) >= 11 is 0. The van der Waals surface area contributed by atoms with E-state index in [2.05, 4.69) is 12.1 Å². The van der Waals surface area contributed by atoms with Crippen LogP contribution in [0.1, 0.15) is 44.5 Å². The molecule has 85 heavy (non-hydrogen) atoms. The SMILES string of the molecule is N#Cc1ccc(-c2cc(-c3nc(-c4ccccc4)nc(-c4ccccc4)n3)cc(-c3ccc(C#N)cc3C#N)c2-n2c3ccc(-c4ccc(C(F)(F)F)cc4C(F)(F)F)cc3c3cc(-c4ccc(C(F)(F)F)cc4C(F)(F)F)ccc32)c(C#N)c1. The van der Waals surface area contributed by atoms with Gasteiger partial charge in [0.2, 0.25) is 0 Å². The number of fused-ring (bicyclic) bond motifs is 3. The molecule has 2 aromatic heterocycles. The molecule has 0 aliphatic rings.